The molecule has 9 nitrogen and oxygen atoms in total. The molecule has 3 rings (SSSR count). The fourth-order valence-corrected chi connectivity index (χ4v) is 3.77. The fraction of sp³-hybridized carbons (Fsp3) is 0.360. The topological polar surface area (TPSA) is 130 Å². The highest BCUT2D eigenvalue weighted by molar-refractivity contribution is 6.30. The van der Waals surface area contributed by atoms with Crippen molar-refractivity contribution in [2.75, 3.05) is 26.2 Å². The quantitative estimate of drug-likeness (QED) is 0.454. The third kappa shape index (κ3) is 7.53. The summed E-state index contributed by atoms with van der Waals surface area (Å²) >= 11 is 5.92. The van der Waals surface area contributed by atoms with E-state index < -0.39 is 0 Å². The van der Waals surface area contributed by atoms with Gasteiger partial charge in [0.05, 0.1) is 13.2 Å². The first-order valence-corrected chi connectivity index (χ1v) is 11.8. The van der Waals surface area contributed by atoms with Gasteiger partial charge in [0.2, 0.25) is 5.91 Å². The minimum absolute atomic E-state index is 0.0427. The van der Waals surface area contributed by atoms with Crippen molar-refractivity contribution < 1.29 is 19.4 Å². The van der Waals surface area contributed by atoms with Gasteiger partial charge in [-0.05, 0) is 17.7 Å². The second kappa shape index (κ2) is 12.9. The lowest BCUT2D eigenvalue weighted by molar-refractivity contribution is -0.130. The van der Waals surface area contributed by atoms with Gasteiger partial charge in [-0.3, -0.25) is 19.6 Å². The number of aliphatic hydroxyl groups excluding tert-OH is 1. The molecule has 1 saturated heterocycles. The molecular weight excluding hydrogens is 470 g/mol. The van der Waals surface area contributed by atoms with Crippen LogP contribution in [0.2, 0.25) is 5.02 Å². The van der Waals surface area contributed by atoms with Crippen molar-refractivity contribution in [3.8, 4) is 5.75 Å². The molecule has 0 aliphatic carbocycles. The van der Waals surface area contributed by atoms with Crippen LogP contribution < -0.4 is 15.8 Å². The maximum Gasteiger partial charge on any atom is 0.270 e. The molecule has 0 unspecified atom stereocenters. The number of aliphatic imine (C=N–C) groups is 1. The number of pyridine rings is 1. The molecule has 1 aliphatic rings. The van der Waals surface area contributed by atoms with Crippen LogP contribution in [-0.4, -0.2) is 65.4 Å². The average molecular weight is 500 g/mol. The van der Waals surface area contributed by atoms with Gasteiger partial charge in [-0.2, -0.15) is 0 Å². The lowest BCUT2D eigenvalue weighted by atomic mass is 10.1. The molecule has 1 fully saturated rings. The van der Waals surface area contributed by atoms with Crippen molar-refractivity contribution in [3.63, 3.8) is 0 Å². The molecule has 1 aromatic carbocycles. The zero-order valence-electron chi connectivity index (χ0n) is 19.6. The van der Waals surface area contributed by atoms with Gasteiger partial charge in [-0.15, -0.1) is 0 Å². The molecule has 35 heavy (non-hydrogen) atoms. The van der Waals surface area contributed by atoms with E-state index in [0.717, 1.165) is 5.56 Å². The van der Waals surface area contributed by atoms with Gasteiger partial charge in [0.1, 0.15) is 17.5 Å². The largest absolute Gasteiger partial charge is 0.489 e. The number of carbonyl (C=O) groups is 2. The number of piperidine rings is 1. The lowest BCUT2D eigenvalue weighted by Gasteiger charge is -2.32. The predicted octanol–water partition coefficient (Wildman–Crippen LogP) is 2.42. The van der Waals surface area contributed by atoms with E-state index in [4.69, 9.17) is 27.2 Å². The number of likely N-dealkylation sites (tertiary alicyclic amines) is 1. The van der Waals surface area contributed by atoms with Crippen LogP contribution in [0.4, 0.5) is 0 Å². The van der Waals surface area contributed by atoms with Crippen molar-refractivity contribution >= 4 is 35.2 Å². The number of carbonyl (C=O) groups excluding carboxylic acids is 2. The van der Waals surface area contributed by atoms with Crippen LogP contribution in [-0.2, 0) is 11.3 Å². The van der Waals surface area contributed by atoms with Gasteiger partial charge in [0.15, 0.2) is 0 Å². The van der Waals surface area contributed by atoms with Gasteiger partial charge in [0, 0.05) is 80.2 Å². The monoisotopic (exact) mass is 499 g/mol. The molecular formula is C25H30ClN5O4. The van der Waals surface area contributed by atoms with Gasteiger partial charge in [-0.25, -0.2) is 0 Å². The number of nitrogens with one attached hydrogen (secondary N) is 1. The molecule has 0 spiro atoms. The number of hydrogen-bond donors (Lipinski definition) is 3. The van der Waals surface area contributed by atoms with Crippen LogP contribution in [0, 0.1) is 0 Å². The number of allylic oxidation sites excluding steroid dienone is 1. The molecule has 1 aliphatic heterocycles. The van der Waals surface area contributed by atoms with E-state index in [2.05, 4.69) is 15.3 Å². The fourth-order valence-electron chi connectivity index (χ4n) is 3.64. The molecule has 0 radical (unpaired) electrons. The smallest absolute Gasteiger partial charge is 0.270 e. The third-order valence-electron chi connectivity index (χ3n) is 5.60. The molecule has 10 heteroatoms. The van der Waals surface area contributed by atoms with Crippen molar-refractivity contribution in [3.05, 3.63) is 64.6 Å². The number of ether oxygens (including phenoxy) is 1. The van der Waals surface area contributed by atoms with E-state index in [9.17, 15) is 9.59 Å². The Kier molecular flexibility index (Phi) is 9.63. The minimum atomic E-state index is -0.352. The Labute approximate surface area is 209 Å². The first kappa shape index (κ1) is 26.2. The Hall–Kier alpha value is -3.43. The number of nitrogens with zero attached hydrogens (tertiary/aromatic N) is 3. The Morgan fingerprint density at radius 3 is 2.66 bits per heavy atom. The zero-order valence-corrected chi connectivity index (χ0v) is 20.4. The van der Waals surface area contributed by atoms with Gasteiger partial charge in [-0.1, -0.05) is 23.7 Å². The highest BCUT2D eigenvalue weighted by Gasteiger charge is 2.24. The number of aromatic nitrogens is 1. The van der Waals surface area contributed by atoms with Crippen molar-refractivity contribution in [2.45, 2.75) is 32.4 Å². The van der Waals surface area contributed by atoms with E-state index >= 15 is 0 Å². The van der Waals surface area contributed by atoms with E-state index in [1.807, 2.05) is 12.1 Å². The van der Waals surface area contributed by atoms with Crippen molar-refractivity contribution in [1.29, 1.82) is 0 Å². The first-order chi connectivity index (χ1) is 16.9. The third-order valence-corrected chi connectivity index (χ3v) is 5.85. The highest BCUT2D eigenvalue weighted by atomic mass is 35.5. The number of nitrogens with two attached hydrogens (primary N) is 1. The summed E-state index contributed by atoms with van der Waals surface area (Å²) in [6.07, 6.45) is 5.65. The van der Waals surface area contributed by atoms with E-state index in [-0.39, 0.29) is 36.8 Å². The Balaban J connectivity index is 1.80. The zero-order chi connectivity index (χ0) is 25.2. The summed E-state index contributed by atoms with van der Waals surface area (Å²) in [7, 11) is 0. The van der Waals surface area contributed by atoms with Gasteiger partial charge < -0.3 is 25.8 Å². The van der Waals surface area contributed by atoms with E-state index in [0.29, 0.717) is 54.4 Å². The molecule has 4 N–H and O–H groups in total. The SMILES string of the molecule is CC(=O)N1CCC(Oc2cc(C(=O)NCc3ccc(Cl)cc3)ncc2/C(C=NCCO)=C/N)CC1. The summed E-state index contributed by atoms with van der Waals surface area (Å²) in [6.45, 7) is 3.23. The minimum Gasteiger partial charge on any atom is -0.489 e. The summed E-state index contributed by atoms with van der Waals surface area (Å²) in [5, 5.41) is 12.5. The summed E-state index contributed by atoms with van der Waals surface area (Å²) in [6, 6.07) is 8.79. The summed E-state index contributed by atoms with van der Waals surface area (Å²) in [5.41, 5.74) is 8.06. The second-order valence-corrected chi connectivity index (χ2v) is 8.52. The number of amides is 2. The molecule has 1 aromatic heterocycles. The lowest BCUT2D eigenvalue weighted by Crippen LogP contribution is -2.40. The van der Waals surface area contributed by atoms with Crippen LogP contribution in [0.25, 0.3) is 5.57 Å². The Morgan fingerprint density at radius 1 is 1.31 bits per heavy atom. The molecule has 2 amide bonds. The summed E-state index contributed by atoms with van der Waals surface area (Å²) in [4.78, 5) is 34.7. The highest BCUT2D eigenvalue weighted by Crippen LogP contribution is 2.28. The van der Waals surface area contributed by atoms with Crippen LogP contribution in [0.1, 0.15) is 41.4 Å². The Morgan fingerprint density at radius 2 is 2.03 bits per heavy atom. The molecule has 2 aromatic rings. The summed E-state index contributed by atoms with van der Waals surface area (Å²) in [5.74, 6) is 0.140. The maximum absolute atomic E-state index is 12.8. The normalized spacial score (nSPS) is 14.8. The van der Waals surface area contributed by atoms with Gasteiger partial charge >= 0.3 is 0 Å². The standard InChI is InChI=1S/C25H30ClN5O4/c1-17(33)31-9-6-21(7-10-31)35-24-12-23(25(34)30-14-18-2-4-20(26)5-3-18)29-16-22(24)19(13-27)15-28-8-11-32/h2-5,12-13,15-16,21,32H,6-11,14,27H2,1H3,(H,30,34)/b19-13+,28-15?. The number of aliphatic hydroxyl groups is 1. The molecule has 0 saturated carbocycles. The maximum atomic E-state index is 12.8. The van der Waals surface area contributed by atoms with Gasteiger partial charge in [0.25, 0.3) is 5.91 Å². The van der Waals surface area contributed by atoms with Crippen molar-refractivity contribution in [1.82, 2.24) is 15.2 Å². The van der Waals surface area contributed by atoms with E-state index in [1.54, 1.807) is 36.2 Å². The number of halogens is 1. The van der Waals surface area contributed by atoms with Crippen LogP contribution in [0.3, 0.4) is 0 Å². The second-order valence-electron chi connectivity index (χ2n) is 8.08. The summed E-state index contributed by atoms with van der Waals surface area (Å²) < 4.78 is 6.29. The predicted molar refractivity (Wildman–Crippen MR) is 135 cm³/mol. The Bertz CT molecular complexity index is 1080. The number of benzene rings is 1. The molecule has 2 heterocycles. The van der Waals surface area contributed by atoms with Crippen LogP contribution >= 0.6 is 11.6 Å². The first-order valence-electron chi connectivity index (χ1n) is 11.4. The average Bonchev–Trinajstić information content (AvgIpc) is 2.87. The molecule has 0 atom stereocenters. The molecule has 0 bridgehead atoms. The number of hydrogen-bond acceptors (Lipinski definition) is 7. The van der Waals surface area contributed by atoms with Crippen LogP contribution in [0.15, 0.2) is 47.7 Å². The van der Waals surface area contributed by atoms with Crippen molar-refractivity contribution in [2.24, 2.45) is 10.7 Å². The molecule has 186 valence electrons. The van der Waals surface area contributed by atoms with E-state index in [1.165, 1.54) is 12.4 Å². The number of rotatable bonds is 9. The van der Waals surface area contributed by atoms with Crippen LogP contribution in [0.5, 0.6) is 5.75 Å².